The highest BCUT2D eigenvalue weighted by molar-refractivity contribution is 7.82. The van der Waals surface area contributed by atoms with Gasteiger partial charge in [0.15, 0.2) is 0 Å². The molecule has 28 heavy (non-hydrogen) atoms. The number of aryl methyl sites for hydroxylation is 1. The van der Waals surface area contributed by atoms with Gasteiger partial charge in [-0.1, -0.05) is 44.4 Å². The van der Waals surface area contributed by atoms with E-state index in [9.17, 15) is 23.7 Å². The number of benzene rings is 1. The minimum absolute atomic E-state index is 0.101. The van der Waals surface area contributed by atoms with E-state index in [-0.39, 0.29) is 5.75 Å². The molecule has 4 N–H and O–H groups in total. The molecular formula is C18H28O9S. The Balaban J connectivity index is 2.05. The quantitative estimate of drug-likeness (QED) is 0.392. The van der Waals surface area contributed by atoms with Crippen LogP contribution >= 0.6 is 0 Å². The van der Waals surface area contributed by atoms with Crippen molar-refractivity contribution in [2.24, 2.45) is 0 Å². The second-order valence-electron chi connectivity index (χ2n) is 6.70. The highest BCUT2D eigenvalue weighted by Gasteiger charge is 2.46. The third kappa shape index (κ3) is 6.11. The van der Waals surface area contributed by atoms with Gasteiger partial charge in [0.1, 0.15) is 30.2 Å². The van der Waals surface area contributed by atoms with Crippen LogP contribution in [-0.4, -0.2) is 66.2 Å². The largest absolute Gasteiger partial charge is 0.451 e. The van der Waals surface area contributed by atoms with Crippen molar-refractivity contribution < 1.29 is 41.9 Å². The summed E-state index contributed by atoms with van der Waals surface area (Å²) in [6.45, 7) is 1.40. The summed E-state index contributed by atoms with van der Waals surface area (Å²) < 4.78 is 39.4. The summed E-state index contributed by atoms with van der Waals surface area (Å²) in [5.41, 5.74) is 0.694. The van der Waals surface area contributed by atoms with E-state index in [0.29, 0.717) is 12.0 Å². The summed E-state index contributed by atoms with van der Waals surface area (Å²) in [4.78, 5) is 0. The van der Waals surface area contributed by atoms with Gasteiger partial charge in [-0.3, -0.25) is 0 Å². The molecule has 0 radical (unpaired) electrons. The van der Waals surface area contributed by atoms with E-state index in [1.807, 2.05) is 0 Å². The molecule has 0 aromatic heterocycles. The van der Waals surface area contributed by atoms with Crippen LogP contribution in [0.4, 0.5) is 0 Å². The molecule has 0 aliphatic carbocycles. The second-order valence-corrected chi connectivity index (χ2v) is 7.88. The minimum atomic E-state index is -4.66. The fourth-order valence-electron chi connectivity index (χ4n) is 2.93. The standard InChI is InChI=1S/C18H28O9S/c1-2-3-4-5-8-12-9-6-7-10-13(12)26-28(23,24)27-18-17(22)16(21)15(20)14(11-19)25-18/h6-7,9-10,14-22H,2-5,8,11H2,1H3/t14-,15-,16+,17-,18+/m1/s1. The molecule has 10 heteroatoms. The average Bonchev–Trinajstić information content (AvgIpc) is 2.66. The molecule has 5 atom stereocenters. The molecule has 1 aliphatic rings. The third-order valence-electron chi connectivity index (χ3n) is 4.53. The fourth-order valence-corrected chi connectivity index (χ4v) is 3.74. The highest BCUT2D eigenvalue weighted by Crippen LogP contribution is 2.26. The van der Waals surface area contributed by atoms with Crippen molar-refractivity contribution in [1.82, 2.24) is 0 Å². The molecule has 0 spiro atoms. The van der Waals surface area contributed by atoms with Crippen LogP contribution in [0.1, 0.15) is 38.2 Å². The Morgan fingerprint density at radius 1 is 1.04 bits per heavy atom. The third-order valence-corrected chi connectivity index (χ3v) is 5.33. The molecular weight excluding hydrogens is 392 g/mol. The maximum atomic E-state index is 12.3. The van der Waals surface area contributed by atoms with Crippen molar-refractivity contribution in [3.63, 3.8) is 0 Å². The summed E-state index contributed by atoms with van der Waals surface area (Å²) in [6.07, 6.45) is -3.65. The monoisotopic (exact) mass is 420 g/mol. The molecule has 2 rings (SSSR count). The van der Waals surface area contributed by atoms with E-state index < -0.39 is 47.7 Å². The molecule has 1 saturated heterocycles. The van der Waals surface area contributed by atoms with E-state index >= 15 is 0 Å². The van der Waals surface area contributed by atoms with Crippen LogP contribution in [0.25, 0.3) is 0 Å². The topological polar surface area (TPSA) is 143 Å². The number of aliphatic hydroxyl groups excluding tert-OH is 4. The van der Waals surface area contributed by atoms with Gasteiger partial charge in [-0.2, -0.15) is 8.42 Å². The van der Waals surface area contributed by atoms with Crippen molar-refractivity contribution in [3.05, 3.63) is 29.8 Å². The zero-order valence-corrected chi connectivity index (χ0v) is 16.5. The van der Waals surface area contributed by atoms with Crippen LogP contribution in [0, 0.1) is 0 Å². The molecule has 9 nitrogen and oxygen atoms in total. The van der Waals surface area contributed by atoms with E-state index in [2.05, 4.69) is 6.92 Å². The first-order chi connectivity index (χ1) is 13.3. The molecule has 0 bridgehead atoms. The summed E-state index contributed by atoms with van der Waals surface area (Å²) >= 11 is 0. The summed E-state index contributed by atoms with van der Waals surface area (Å²) in [6, 6.07) is 6.63. The summed E-state index contributed by atoms with van der Waals surface area (Å²) in [7, 11) is -4.66. The van der Waals surface area contributed by atoms with Gasteiger partial charge in [-0.15, -0.1) is 0 Å². The lowest BCUT2D eigenvalue weighted by molar-refractivity contribution is -0.277. The zero-order valence-electron chi connectivity index (χ0n) is 15.7. The number of aliphatic hydroxyl groups is 4. The van der Waals surface area contributed by atoms with Gasteiger partial charge >= 0.3 is 10.4 Å². The van der Waals surface area contributed by atoms with Crippen LogP contribution in [-0.2, 0) is 25.7 Å². The Bertz CT molecular complexity index is 707. The number of ether oxygens (including phenoxy) is 1. The first-order valence-corrected chi connectivity index (χ1v) is 10.6. The average molecular weight is 420 g/mol. The predicted octanol–water partition coefficient (Wildman–Crippen LogP) is 0.249. The lowest BCUT2D eigenvalue weighted by Crippen LogP contribution is -2.59. The molecule has 0 saturated carbocycles. The van der Waals surface area contributed by atoms with Gasteiger partial charge in [0, 0.05) is 0 Å². The fraction of sp³-hybridized carbons (Fsp3) is 0.667. The molecule has 1 aliphatic heterocycles. The van der Waals surface area contributed by atoms with Crippen molar-refractivity contribution >= 4 is 10.4 Å². The number of hydrogen-bond acceptors (Lipinski definition) is 9. The van der Waals surface area contributed by atoms with Gasteiger partial charge < -0.3 is 29.3 Å². The number of hydrogen-bond donors (Lipinski definition) is 4. The molecule has 0 amide bonds. The van der Waals surface area contributed by atoms with Crippen molar-refractivity contribution in [2.75, 3.05) is 6.61 Å². The van der Waals surface area contributed by atoms with Gasteiger partial charge in [-0.05, 0) is 24.5 Å². The molecule has 1 heterocycles. The van der Waals surface area contributed by atoms with Crippen molar-refractivity contribution in [3.8, 4) is 5.75 Å². The molecule has 0 unspecified atom stereocenters. The highest BCUT2D eigenvalue weighted by atomic mass is 32.3. The van der Waals surface area contributed by atoms with Crippen LogP contribution < -0.4 is 4.18 Å². The van der Waals surface area contributed by atoms with Crippen LogP contribution in [0.2, 0.25) is 0 Å². The SMILES string of the molecule is CCCCCCc1ccccc1OS(=O)(=O)O[C@@H]1O[C@H](CO)[C@@H](O)[C@H](O)[C@H]1O. The minimum Gasteiger partial charge on any atom is -0.394 e. The van der Waals surface area contributed by atoms with Gasteiger partial charge in [0.05, 0.1) is 6.61 Å². The Hall–Kier alpha value is -1.27. The second kappa shape index (κ2) is 10.5. The lowest BCUT2D eigenvalue weighted by Gasteiger charge is -2.38. The van der Waals surface area contributed by atoms with Gasteiger partial charge in [0.25, 0.3) is 0 Å². The normalized spacial score (nSPS) is 28.2. The van der Waals surface area contributed by atoms with Crippen molar-refractivity contribution in [2.45, 2.75) is 69.7 Å². The molecule has 1 aromatic rings. The van der Waals surface area contributed by atoms with E-state index in [1.165, 1.54) is 6.07 Å². The Morgan fingerprint density at radius 3 is 2.43 bits per heavy atom. The molecule has 160 valence electrons. The van der Waals surface area contributed by atoms with Crippen LogP contribution in [0.5, 0.6) is 5.75 Å². The first kappa shape index (κ1) is 23.0. The van der Waals surface area contributed by atoms with Crippen molar-refractivity contribution in [1.29, 1.82) is 0 Å². The van der Waals surface area contributed by atoms with Gasteiger partial charge in [0.2, 0.25) is 6.29 Å². The van der Waals surface area contributed by atoms with Crippen LogP contribution in [0.3, 0.4) is 0 Å². The summed E-state index contributed by atoms with van der Waals surface area (Å²) in [5, 5.41) is 38.5. The summed E-state index contributed by atoms with van der Waals surface area (Å²) in [5.74, 6) is 0.101. The molecule has 1 aromatic carbocycles. The first-order valence-electron chi connectivity index (χ1n) is 9.30. The van der Waals surface area contributed by atoms with Gasteiger partial charge in [-0.25, -0.2) is 4.18 Å². The maximum Gasteiger partial charge on any atom is 0.451 e. The van der Waals surface area contributed by atoms with E-state index in [0.717, 1.165) is 25.7 Å². The molecule has 1 fully saturated rings. The number of rotatable bonds is 10. The predicted molar refractivity (Wildman–Crippen MR) is 98.7 cm³/mol. The zero-order chi connectivity index (χ0) is 20.7. The smallest absolute Gasteiger partial charge is 0.394 e. The maximum absolute atomic E-state index is 12.3. The number of unbranched alkanes of at least 4 members (excludes halogenated alkanes) is 3. The van der Waals surface area contributed by atoms with E-state index in [4.69, 9.17) is 18.2 Å². The Kier molecular flexibility index (Phi) is 8.62. The Morgan fingerprint density at radius 2 is 1.75 bits per heavy atom. The number of para-hydroxylation sites is 1. The van der Waals surface area contributed by atoms with Crippen LogP contribution in [0.15, 0.2) is 24.3 Å². The lowest BCUT2D eigenvalue weighted by atomic mass is 10.00. The van der Waals surface area contributed by atoms with E-state index in [1.54, 1.807) is 18.2 Å². The Labute approximate surface area is 164 Å².